The third kappa shape index (κ3) is 4.15. The van der Waals surface area contributed by atoms with E-state index in [1.807, 2.05) is 0 Å². The number of imidazole rings is 1. The molecule has 29 heavy (non-hydrogen) atoms. The monoisotopic (exact) mass is 431 g/mol. The van der Waals surface area contributed by atoms with Gasteiger partial charge < -0.3 is 35.2 Å². The van der Waals surface area contributed by atoms with E-state index in [9.17, 15) is 24.8 Å². The molecule has 2 unspecified atom stereocenters. The van der Waals surface area contributed by atoms with Gasteiger partial charge in [-0.05, 0) is 20.3 Å². The van der Waals surface area contributed by atoms with E-state index in [0.717, 1.165) is 0 Å². The van der Waals surface area contributed by atoms with Gasteiger partial charge in [0.1, 0.15) is 24.1 Å². The molecule has 1 saturated heterocycles. The molecule has 3 heterocycles. The predicted molar refractivity (Wildman–Crippen MR) is 102 cm³/mol. The fourth-order valence-electron chi connectivity index (χ4n) is 3.08. The maximum atomic E-state index is 12.2. The van der Waals surface area contributed by atoms with Crippen LogP contribution in [0.4, 0.5) is 5.82 Å². The molecule has 2 aromatic heterocycles. The lowest BCUT2D eigenvalue weighted by Crippen LogP contribution is -2.34. The SMILES string of the molecule is CCC(C[C@H]1O[C@@H](n2cnc3c(N)ncnc32)[C@H](O)[C@@H]1O)OP(=O)(O)C(C)(C)O. The number of ether oxygens (including phenoxy) is 1. The molecule has 0 amide bonds. The Bertz CT molecular complexity index is 917. The van der Waals surface area contributed by atoms with Crippen LogP contribution < -0.4 is 5.73 Å². The largest absolute Gasteiger partial charge is 0.388 e. The molecule has 0 bridgehead atoms. The highest BCUT2D eigenvalue weighted by Gasteiger charge is 2.47. The van der Waals surface area contributed by atoms with Crippen LogP contribution in [0.3, 0.4) is 0 Å². The molecule has 1 aliphatic rings. The number of fused-ring (bicyclic) bond motifs is 1. The van der Waals surface area contributed by atoms with Crippen LogP contribution in [-0.2, 0) is 13.8 Å². The van der Waals surface area contributed by atoms with Gasteiger partial charge in [-0.15, -0.1) is 0 Å². The number of rotatable bonds is 7. The van der Waals surface area contributed by atoms with Crippen molar-refractivity contribution in [3.8, 4) is 0 Å². The van der Waals surface area contributed by atoms with Crippen molar-refractivity contribution >= 4 is 24.6 Å². The minimum absolute atomic E-state index is 0.0234. The van der Waals surface area contributed by atoms with E-state index >= 15 is 0 Å². The number of aliphatic hydroxyl groups excluding tert-OH is 2. The Labute approximate surface area is 166 Å². The second kappa shape index (κ2) is 7.88. The van der Waals surface area contributed by atoms with Gasteiger partial charge in [-0.25, -0.2) is 15.0 Å². The molecule has 6 N–H and O–H groups in total. The predicted octanol–water partition coefficient (Wildman–Crippen LogP) is 0.127. The molecule has 1 aliphatic heterocycles. The van der Waals surface area contributed by atoms with E-state index in [0.29, 0.717) is 17.6 Å². The number of nitrogens with zero attached hydrogens (tertiary/aromatic N) is 4. The van der Waals surface area contributed by atoms with Crippen LogP contribution in [-0.4, -0.2) is 69.5 Å². The summed E-state index contributed by atoms with van der Waals surface area (Å²) < 4.78 is 24.7. The van der Waals surface area contributed by atoms with Crippen molar-refractivity contribution in [1.82, 2.24) is 19.5 Å². The Morgan fingerprint density at radius 1 is 1.34 bits per heavy atom. The molecule has 0 spiro atoms. The van der Waals surface area contributed by atoms with Crippen molar-refractivity contribution in [1.29, 1.82) is 0 Å². The van der Waals surface area contributed by atoms with Crippen LogP contribution in [0.1, 0.15) is 39.8 Å². The summed E-state index contributed by atoms with van der Waals surface area (Å²) in [5.74, 6) is 0.170. The van der Waals surface area contributed by atoms with Crippen molar-refractivity contribution in [2.75, 3.05) is 5.73 Å². The Balaban J connectivity index is 1.78. The maximum Gasteiger partial charge on any atom is 0.359 e. The maximum absolute atomic E-state index is 12.2. The highest BCUT2D eigenvalue weighted by molar-refractivity contribution is 7.54. The quantitative estimate of drug-likeness (QED) is 0.375. The number of hydrogen-bond acceptors (Lipinski definition) is 10. The van der Waals surface area contributed by atoms with Gasteiger partial charge >= 0.3 is 7.60 Å². The molecule has 2 aromatic rings. The first-order valence-corrected chi connectivity index (χ1v) is 10.7. The highest BCUT2D eigenvalue weighted by atomic mass is 31.2. The number of nitrogen functional groups attached to an aromatic ring is 1. The molecule has 162 valence electrons. The number of aromatic nitrogens is 4. The average Bonchev–Trinajstić information content (AvgIpc) is 3.17. The molecule has 12 nitrogen and oxygen atoms in total. The van der Waals surface area contributed by atoms with E-state index in [4.69, 9.17) is 15.0 Å². The van der Waals surface area contributed by atoms with Crippen molar-refractivity contribution < 1.29 is 34.0 Å². The smallest absolute Gasteiger partial charge is 0.359 e. The van der Waals surface area contributed by atoms with Crippen molar-refractivity contribution in [3.05, 3.63) is 12.7 Å². The normalized spacial score (nSPS) is 28.5. The van der Waals surface area contributed by atoms with Crippen LogP contribution in [0, 0.1) is 0 Å². The topological polar surface area (TPSA) is 186 Å². The van der Waals surface area contributed by atoms with Crippen LogP contribution >= 0.6 is 7.60 Å². The summed E-state index contributed by atoms with van der Waals surface area (Å²) in [6, 6.07) is 0. The summed E-state index contributed by atoms with van der Waals surface area (Å²) in [6.45, 7) is 4.09. The number of aliphatic hydroxyl groups is 3. The van der Waals surface area contributed by atoms with Gasteiger partial charge in [0.25, 0.3) is 0 Å². The molecule has 0 radical (unpaired) electrons. The van der Waals surface area contributed by atoms with Crippen LogP contribution in [0.2, 0.25) is 0 Å². The molecular weight excluding hydrogens is 405 g/mol. The van der Waals surface area contributed by atoms with E-state index in [2.05, 4.69) is 15.0 Å². The van der Waals surface area contributed by atoms with Gasteiger partial charge in [-0.3, -0.25) is 9.13 Å². The lowest BCUT2D eigenvalue weighted by Gasteiger charge is -2.29. The second-order valence-corrected chi connectivity index (χ2v) is 9.86. The fourth-order valence-corrected chi connectivity index (χ4v) is 3.98. The van der Waals surface area contributed by atoms with E-state index < -0.39 is 43.6 Å². The molecule has 0 aromatic carbocycles. The first kappa shape index (κ1) is 22.0. The fraction of sp³-hybridized carbons (Fsp3) is 0.688. The first-order valence-electron chi connectivity index (χ1n) is 9.14. The number of nitrogens with two attached hydrogens (primary N) is 1. The van der Waals surface area contributed by atoms with Gasteiger partial charge in [0.2, 0.25) is 0 Å². The zero-order valence-electron chi connectivity index (χ0n) is 16.3. The van der Waals surface area contributed by atoms with Crippen LogP contribution in [0.25, 0.3) is 11.2 Å². The Kier molecular flexibility index (Phi) is 5.98. The summed E-state index contributed by atoms with van der Waals surface area (Å²) in [4.78, 5) is 22.1. The van der Waals surface area contributed by atoms with E-state index in [-0.39, 0.29) is 12.2 Å². The lowest BCUT2D eigenvalue weighted by molar-refractivity contribution is -0.0487. The zero-order valence-corrected chi connectivity index (χ0v) is 17.2. The highest BCUT2D eigenvalue weighted by Crippen LogP contribution is 2.55. The lowest BCUT2D eigenvalue weighted by atomic mass is 10.0. The summed E-state index contributed by atoms with van der Waals surface area (Å²) in [7, 11) is -4.33. The Morgan fingerprint density at radius 3 is 2.66 bits per heavy atom. The second-order valence-electron chi connectivity index (χ2n) is 7.52. The molecule has 13 heteroatoms. The summed E-state index contributed by atoms with van der Waals surface area (Å²) in [5, 5.41) is 28.9. The van der Waals surface area contributed by atoms with Crippen molar-refractivity contribution in [2.24, 2.45) is 0 Å². The molecule has 0 saturated carbocycles. The third-order valence-corrected chi connectivity index (χ3v) is 6.90. The summed E-state index contributed by atoms with van der Waals surface area (Å²) in [5.41, 5.74) is 6.44. The van der Waals surface area contributed by atoms with Crippen LogP contribution in [0.5, 0.6) is 0 Å². The zero-order chi connectivity index (χ0) is 21.6. The standard InChI is InChI=1S/C16H26N5O7P/c1-4-8(28-29(25,26)16(2,3)24)5-9-11(22)12(23)15(27-9)21-7-20-10-13(17)18-6-19-14(10)21/h6-9,11-12,15,22-24H,4-5H2,1-3H3,(H,25,26)(H2,17,18,19)/t8?,9-,11-,12-,15-/m1/s1. The van der Waals surface area contributed by atoms with E-state index in [1.54, 1.807) is 6.92 Å². The van der Waals surface area contributed by atoms with Crippen LogP contribution in [0.15, 0.2) is 12.7 Å². The number of anilines is 1. The minimum Gasteiger partial charge on any atom is -0.388 e. The van der Waals surface area contributed by atoms with Gasteiger partial charge in [-0.2, -0.15) is 0 Å². The first-order chi connectivity index (χ1) is 13.5. The molecule has 0 aliphatic carbocycles. The average molecular weight is 431 g/mol. The van der Waals surface area contributed by atoms with Gasteiger partial charge in [0, 0.05) is 6.42 Å². The third-order valence-electron chi connectivity index (χ3n) is 4.93. The van der Waals surface area contributed by atoms with Crippen molar-refractivity contribution in [3.63, 3.8) is 0 Å². The van der Waals surface area contributed by atoms with Crippen molar-refractivity contribution in [2.45, 2.75) is 69.6 Å². The summed E-state index contributed by atoms with van der Waals surface area (Å²) >= 11 is 0. The molecular formula is C16H26N5O7P. The number of hydrogen-bond donors (Lipinski definition) is 5. The van der Waals surface area contributed by atoms with E-state index in [1.165, 1.54) is 31.1 Å². The van der Waals surface area contributed by atoms with Gasteiger partial charge in [-0.1, -0.05) is 6.92 Å². The molecule has 3 rings (SSSR count). The Hall–Kier alpha value is -1.66. The van der Waals surface area contributed by atoms with Gasteiger partial charge in [0.05, 0.1) is 18.5 Å². The Morgan fingerprint density at radius 2 is 2.03 bits per heavy atom. The minimum atomic E-state index is -4.33. The summed E-state index contributed by atoms with van der Waals surface area (Å²) in [6.07, 6.45) is -2.29. The van der Waals surface area contributed by atoms with Gasteiger partial charge in [0.15, 0.2) is 23.0 Å². The molecule has 6 atom stereocenters. The molecule has 1 fully saturated rings.